The molecule has 2 aliphatic rings. The molecule has 1 aromatic heterocycles. The minimum atomic E-state index is -0.0305. The van der Waals surface area contributed by atoms with Gasteiger partial charge in [0.15, 0.2) is 0 Å². The lowest BCUT2D eigenvalue weighted by molar-refractivity contribution is 0.0827. The third-order valence-electron chi connectivity index (χ3n) is 4.15. The molecule has 2 aliphatic heterocycles. The Morgan fingerprint density at radius 2 is 1.84 bits per heavy atom. The van der Waals surface area contributed by atoms with Gasteiger partial charge in [-0.05, 0) is 37.8 Å². The molecular formula is C14H18ClN3O. The number of aromatic nitrogens is 1. The van der Waals surface area contributed by atoms with Gasteiger partial charge in [-0.25, -0.2) is 4.98 Å². The molecule has 0 saturated carbocycles. The zero-order valence-electron chi connectivity index (χ0n) is 11.3. The standard InChI is InChI=1S/C14H18ClN3O/c1-17(2)14(19)9-7-12(15)16-13(8-9)18-10-3-4-11(18)6-5-10/h7-8,10-11H,3-6H2,1-2H3. The van der Waals surface area contributed by atoms with E-state index in [1.54, 1.807) is 25.1 Å². The Kier molecular flexibility index (Phi) is 3.13. The van der Waals surface area contributed by atoms with E-state index >= 15 is 0 Å². The van der Waals surface area contributed by atoms with Gasteiger partial charge >= 0.3 is 0 Å². The molecule has 3 heterocycles. The molecular weight excluding hydrogens is 262 g/mol. The normalized spacial score (nSPS) is 24.9. The Morgan fingerprint density at radius 3 is 2.37 bits per heavy atom. The summed E-state index contributed by atoms with van der Waals surface area (Å²) in [5.74, 6) is 0.833. The molecule has 2 saturated heterocycles. The summed E-state index contributed by atoms with van der Waals surface area (Å²) in [5, 5.41) is 0.397. The van der Waals surface area contributed by atoms with Gasteiger partial charge < -0.3 is 9.80 Å². The van der Waals surface area contributed by atoms with Crippen molar-refractivity contribution in [1.82, 2.24) is 9.88 Å². The van der Waals surface area contributed by atoms with E-state index in [4.69, 9.17) is 11.6 Å². The van der Waals surface area contributed by atoms with Crippen LogP contribution in [0.4, 0.5) is 5.82 Å². The van der Waals surface area contributed by atoms with Crippen molar-refractivity contribution in [2.45, 2.75) is 37.8 Å². The van der Waals surface area contributed by atoms with E-state index < -0.39 is 0 Å². The Balaban J connectivity index is 1.96. The summed E-state index contributed by atoms with van der Waals surface area (Å²) in [6, 6.07) is 4.69. The number of carbonyl (C=O) groups is 1. The molecule has 0 aliphatic carbocycles. The maximum absolute atomic E-state index is 12.1. The third kappa shape index (κ3) is 2.18. The van der Waals surface area contributed by atoms with Crippen LogP contribution in [-0.2, 0) is 0 Å². The summed E-state index contributed by atoms with van der Waals surface area (Å²) in [7, 11) is 3.49. The first-order valence-corrected chi connectivity index (χ1v) is 7.11. The number of amides is 1. The van der Waals surface area contributed by atoms with Crippen molar-refractivity contribution < 1.29 is 4.79 Å². The fraction of sp³-hybridized carbons (Fsp3) is 0.571. The van der Waals surface area contributed by atoms with Crippen molar-refractivity contribution in [2.75, 3.05) is 19.0 Å². The van der Waals surface area contributed by atoms with E-state index in [1.165, 1.54) is 25.7 Å². The molecule has 4 nitrogen and oxygen atoms in total. The second kappa shape index (κ2) is 4.67. The quantitative estimate of drug-likeness (QED) is 0.781. The summed E-state index contributed by atoms with van der Waals surface area (Å²) in [6.45, 7) is 0. The second-order valence-electron chi connectivity index (χ2n) is 5.61. The first kappa shape index (κ1) is 12.7. The molecule has 0 unspecified atom stereocenters. The van der Waals surface area contributed by atoms with E-state index in [0.29, 0.717) is 22.8 Å². The van der Waals surface area contributed by atoms with E-state index in [9.17, 15) is 4.79 Å². The molecule has 2 fully saturated rings. The number of hydrogen-bond donors (Lipinski definition) is 0. The molecule has 0 atom stereocenters. The number of halogens is 1. The summed E-state index contributed by atoms with van der Waals surface area (Å²) in [4.78, 5) is 20.4. The smallest absolute Gasteiger partial charge is 0.253 e. The van der Waals surface area contributed by atoms with Gasteiger partial charge in [0.1, 0.15) is 11.0 Å². The first-order chi connectivity index (χ1) is 9.06. The van der Waals surface area contributed by atoms with Crippen molar-refractivity contribution in [1.29, 1.82) is 0 Å². The lowest BCUT2D eigenvalue weighted by Crippen LogP contribution is -2.29. The SMILES string of the molecule is CN(C)C(=O)c1cc(Cl)nc(N2C3CCC2CC3)c1. The van der Waals surface area contributed by atoms with Crippen LogP contribution in [0.2, 0.25) is 5.15 Å². The lowest BCUT2D eigenvalue weighted by atomic mass is 10.0. The van der Waals surface area contributed by atoms with Crippen LogP contribution in [-0.4, -0.2) is 42.0 Å². The van der Waals surface area contributed by atoms with Crippen LogP contribution in [0.3, 0.4) is 0 Å². The van der Waals surface area contributed by atoms with Gasteiger partial charge in [-0.15, -0.1) is 0 Å². The number of anilines is 1. The highest BCUT2D eigenvalue weighted by Crippen LogP contribution is 2.40. The molecule has 5 heteroatoms. The van der Waals surface area contributed by atoms with E-state index in [1.807, 2.05) is 6.07 Å². The average Bonchev–Trinajstić information content (AvgIpc) is 2.96. The monoisotopic (exact) mass is 279 g/mol. The van der Waals surface area contributed by atoms with Crippen LogP contribution >= 0.6 is 11.6 Å². The van der Waals surface area contributed by atoms with Crippen LogP contribution < -0.4 is 4.90 Å². The lowest BCUT2D eigenvalue weighted by Gasteiger charge is -2.24. The van der Waals surface area contributed by atoms with Gasteiger partial charge in [0.2, 0.25) is 0 Å². The molecule has 3 rings (SSSR count). The highest BCUT2D eigenvalue weighted by molar-refractivity contribution is 6.29. The predicted octanol–water partition coefficient (Wildman–Crippen LogP) is 2.57. The fourth-order valence-corrected chi connectivity index (χ4v) is 3.49. The Morgan fingerprint density at radius 1 is 1.26 bits per heavy atom. The average molecular weight is 280 g/mol. The molecule has 1 aromatic rings. The minimum absolute atomic E-state index is 0.0305. The van der Waals surface area contributed by atoms with Gasteiger partial charge in [-0.1, -0.05) is 11.6 Å². The van der Waals surface area contributed by atoms with E-state index in [-0.39, 0.29) is 5.91 Å². The Hall–Kier alpha value is -1.29. The van der Waals surface area contributed by atoms with E-state index in [0.717, 1.165) is 5.82 Å². The van der Waals surface area contributed by atoms with Crippen LogP contribution in [0, 0.1) is 0 Å². The second-order valence-corrected chi connectivity index (χ2v) is 5.99. The number of hydrogen-bond acceptors (Lipinski definition) is 3. The largest absolute Gasteiger partial charge is 0.351 e. The predicted molar refractivity (Wildman–Crippen MR) is 75.8 cm³/mol. The molecule has 0 N–H and O–H groups in total. The molecule has 0 aromatic carbocycles. The number of carbonyl (C=O) groups excluding carboxylic acids is 1. The topological polar surface area (TPSA) is 36.4 Å². The zero-order valence-corrected chi connectivity index (χ0v) is 12.0. The van der Waals surface area contributed by atoms with Crippen molar-refractivity contribution >= 4 is 23.3 Å². The fourth-order valence-electron chi connectivity index (χ4n) is 3.28. The Bertz CT molecular complexity index is 497. The van der Waals surface area contributed by atoms with E-state index in [2.05, 4.69) is 9.88 Å². The summed E-state index contributed by atoms with van der Waals surface area (Å²) >= 11 is 6.08. The molecule has 0 radical (unpaired) electrons. The van der Waals surface area contributed by atoms with Gasteiger partial charge in [-0.2, -0.15) is 0 Å². The molecule has 102 valence electrons. The molecule has 2 bridgehead atoms. The van der Waals surface area contributed by atoms with Gasteiger partial charge in [0.05, 0.1) is 0 Å². The highest BCUT2D eigenvalue weighted by atomic mass is 35.5. The van der Waals surface area contributed by atoms with Crippen molar-refractivity contribution in [3.8, 4) is 0 Å². The number of fused-ring (bicyclic) bond motifs is 2. The third-order valence-corrected chi connectivity index (χ3v) is 4.34. The maximum atomic E-state index is 12.1. The number of rotatable bonds is 2. The van der Waals surface area contributed by atoms with Gasteiger partial charge in [0.25, 0.3) is 5.91 Å². The van der Waals surface area contributed by atoms with Crippen molar-refractivity contribution in [3.63, 3.8) is 0 Å². The van der Waals surface area contributed by atoms with Crippen LogP contribution in [0.15, 0.2) is 12.1 Å². The van der Waals surface area contributed by atoms with Crippen molar-refractivity contribution in [3.05, 3.63) is 22.8 Å². The molecule has 0 spiro atoms. The summed E-state index contributed by atoms with van der Waals surface area (Å²) in [6.07, 6.45) is 4.93. The minimum Gasteiger partial charge on any atom is -0.351 e. The van der Waals surface area contributed by atoms with Crippen LogP contribution in [0.1, 0.15) is 36.0 Å². The van der Waals surface area contributed by atoms with Crippen LogP contribution in [0.5, 0.6) is 0 Å². The first-order valence-electron chi connectivity index (χ1n) is 6.74. The summed E-state index contributed by atoms with van der Waals surface area (Å²) < 4.78 is 0. The zero-order chi connectivity index (χ0) is 13.6. The molecule has 19 heavy (non-hydrogen) atoms. The number of pyridine rings is 1. The highest BCUT2D eigenvalue weighted by Gasteiger charge is 2.40. The van der Waals surface area contributed by atoms with Crippen molar-refractivity contribution in [2.24, 2.45) is 0 Å². The number of nitrogens with zero attached hydrogens (tertiary/aromatic N) is 3. The Labute approximate surface area is 118 Å². The van der Waals surface area contributed by atoms with Crippen LogP contribution in [0.25, 0.3) is 0 Å². The van der Waals surface area contributed by atoms with Gasteiger partial charge in [0, 0.05) is 31.7 Å². The molecule has 1 amide bonds. The maximum Gasteiger partial charge on any atom is 0.253 e. The van der Waals surface area contributed by atoms with Gasteiger partial charge in [-0.3, -0.25) is 4.79 Å². The summed E-state index contributed by atoms with van der Waals surface area (Å²) in [5.41, 5.74) is 0.617.